The SMILES string of the molecule is [Pt]=[CH]/C=C\C1=[C-]Cc2ccccc2C1. The van der Waals surface area contributed by atoms with Crippen molar-refractivity contribution in [1.82, 2.24) is 0 Å². The van der Waals surface area contributed by atoms with Gasteiger partial charge in [-0.15, -0.1) is 0 Å². The molecule has 0 nitrogen and oxygen atoms in total. The van der Waals surface area contributed by atoms with Crippen LogP contribution in [0.2, 0.25) is 0 Å². The number of fused-ring (bicyclic) bond motifs is 1. The van der Waals surface area contributed by atoms with Gasteiger partial charge in [0.05, 0.1) is 0 Å². The number of hydrogen-bond donors (Lipinski definition) is 0. The number of rotatable bonds is 2. The van der Waals surface area contributed by atoms with Crippen LogP contribution < -0.4 is 0 Å². The molecule has 0 saturated heterocycles. The maximum atomic E-state index is 3.42. The van der Waals surface area contributed by atoms with Gasteiger partial charge in [-0.25, -0.2) is 0 Å². The van der Waals surface area contributed by atoms with Gasteiger partial charge in [0, 0.05) is 0 Å². The van der Waals surface area contributed by atoms with Gasteiger partial charge in [-0.1, -0.05) is 0 Å². The summed E-state index contributed by atoms with van der Waals surface area (Å²) in [5.74, 6) is 0. The van der Waals surface area contributed by atoms with Gasteiger partial charge in [0.25, 0.3) is 0 Å². The van der Waals surface area contributed by atoms with E-state index in [2.05, 4.69) is 61.8 Å². The Kier molecular flexibility index (Phi) is 3.26. The Morgan fingerprint density at radius 1 is 1.21 bits per heavy atom. The topological polar surface area (TPSA) is 0 Å². The van der Waals surface area contributed by atoms with E-state index in [0.29, 0.717) is 0 Å². The van der Waals surface area contributed by atoms with Crippen LogP contribution in [0.15, 0.2) is 42.0 Å². The van der Waals surface area contributed by atoms with E-state index in [9.17, 15) is 0 Å². The van der Waals surface area contributed by atoms with Crippen LogP contribution in [0.4, 0.5) is 0 Å². The number of allylic oxidation sites excluding steroid dienone is 4. The van der Waals surface area contributed by atoms with Gasteiger partial charge in [-0.3, -0.25) is 0 Å². The molecule has 0 unspecified atom stereocenters. The molecule has 1 aliphatic rings. The molecule has 0 fully saturated rings. The zero-order valence-electron chi connectivity index (χ0n) is 7.77. The molecule has 1 heteroatoms. The zero-order valence-corrected chi connectivity index (χ0v) is 10.0. The summed E-state index contributed by atoms with van der Waals surface area (Å²) in [6.07, 6.45) is 9.61. The first-order valence-electron chi connectivity index (χ1n) is 4.63. The molecule has 0 spiro atoms. The van der Waals surface area contributed by atoms with Crippen molar-refractivity contribution in [1.29, 1.82) is 0 Å². The predicted octanol–water partition coefficient (Wildman–Crippen LogP) is 2.42. The molecule has 0 atom stereocenters. The fourth-order valence-corrected chi connectivity index (χ4v) is 1.86. The third-order valence-corrected chi connectivity index (χ3v) is 2.80. The Balaban J connectivity index is 2.21. The maximum absolute atomic E-state index is 3.42. The van der Waals surface area contributed by atoms with E-state index in [4.69, 9.17) is 0 Å². The van der Waals surface area contributed by atoms with Crippen LogP contribution in [-0.2, 0) is 32.2 Å². The van der Waals surface area contributed by atoms with E-state index < -0.39 is 0 Å². The molecule has 1 aromatic carbocycles. The summed E-state index contributed by atoms with van der Waals surface area (Å²) in [4.78, 5) is 0. The summed E-state index contributed by atoms with van der Waals surface area (Å²) in [6, 6.07) is 8.60. The van der Waals surface area contributed by atoms with E-state index in [1.54, 1.807) is 0 Å². The van der Waals surface area contributed by atoms with Crippen molar-refractivity contribution in [3.05, 3.63) is 59.2 Å². The molecule has 14 heavy (non-hydrogen) atoms. The molecular weight excluding hydrogens is 351 g/mol. The van der Waals surface area contributed by atoms with Crippen LogP contribution in [0.25, 0.3) is 0 Å². The van der Waals surface area contributed by atoms with Gasteiger partial charge < -0.3 is 0 Å². The van der Waals surface area contributed by atoms with Crippen molar-refractivity contribution in [2.24, 2.45) is 0 Å². The standard InChI is InChI=1S/C13H11.Pt/c1-2-5-11-8-9-12-6-3-4-7-13(12)10-11;/h1-7H,9-10H2;/q-1;/b5-2-;. The summed E-state index contributed by atoms with van der Waals surface area (Å²) < 4.78 is 2.02. The first-order chi connectivity index (χ1) is 6.90. The molecule has 1 aliphatic carbocycles. The van der Waals surface area contributed by atoms with Gasteiger partial charge in [0.1, 0.15) is 0 Å². The minimum atomic E-state index is 0.956. The molecule has 1 aromatic rings. The van der Waals surface area contributed by atoms with Crippen molar-refractivity contribution in [2.75, 3.05) is 0 Å². The Morgan fingerprint density at radius 3 is 2.79 bits per heavy atom. The number of hydrogen-bond acceptors (Lipinski definition) is 0. The fourth-order valence-electron chi connectivity index (χ4n) is 1.64. The Labute approximate surface area is 95.8 Å². The molecule has 0 aromatic heterocycles. The van der Waals surface area contributed by atoms with Gasteiger partial charge in [0.2, 0.25) is 0 Å². The van der Waals surface area contributed by atoms with Gasteiger partial charge in [-0.05, 0) is 0 Å². The second-order valence-corrected chi connectivity index (χ2v) is 4.05. The summed E-state index contributed by atoms with van der Waals surface area (Å²) in [5, 5.41) is 0. The van der Waals surface area contributed by atoms with Crippen LogP contribution in [0.1, 0.15) is 11.1 Å². The average Bonchev–Trinajstić information content (AvgIpc) is 2.26. The second kappa shape index (κ2) is 4.66. The number of benzene rings is 1. The van der Waals surface area contributed by atoms with Crippen molar-refractivity contribution in [2.45, 2.75) is 12.8 Å². The Morgan fingerprint density at radius 2 is 2.00 bits per heavy atom. The molecule has 0 saturated carbocycles. The summed E-state index contributed by atoms with van der Waals surface area (Å²) in [7, 11) is 0. The van der Waals surface area contributed by atoms with Crippen LogP contribution in [0, 0.1) is 6.08 Å². The molecular formula is C13H11Pt-. The van der Waals surface area contributed by atoms with E-state index >= 15 is 0 Å². The fraction of sp³-hybridized carbons (Fsp3) is 0.154. The first-order valence-corrected chi connectivity index (χ1v) is 5.94. The van der Waals surface area contributed by atoms with Crippen LogP contribution in [0.3, 0.4) is 0 Å². The zero-order chi connectivity index (χ0) is 9.80. The summed E-state index contributed by atoms with van der Waals surface area (Å²) in [6.45, 7) is 0. The third kappa shape index (κ3) is 2.19. The quantitative estimate of drug-likeness (QED) is 0.709. The predicted molar refractivity (Wildman–Crippen MR) is 55.8 cm³/mol. The van der Waals surface area contributed by atoms with Crippen molar-refractivity contribution in [3.63, 3.8) is 0 Å². The van der Waals surface area contributed by atoms with Gasteiger partial charge in [0.15, 0.2) is 0 Å². The molecule has 74 valence electrons. The first kappa shape index (κ1) is 9.80. The van der Waals surface area contributed by atoms with Crippen molar-refractivity contribution in [3.8, 4) is 0 Å². The Hall–Kier alpha value is -0.742. The monoisotopic (exact) mass is 362 g/mol. The second-order valence-electron chi connectivity index (χ2n) is 3.29. The van der Waals surface area contributed by atoms with E-state index in [0.717, 1.165) is 12.8 Å². The third-order valence-electron chi connectivity index (χ3n) is 2.36. The van der Waals surface area contributed by atoms with Crippen molar-refractivity contribution >= 4 is 4.40 Å². The molecule has 0 radical (unpaired) electrons. The molecule has 0 heterocycles. The van der Waals surface area contributed by atoms with E-state index in [1.807, 2.05) is 4.40 Å². The normalized spacial score (nSPS) is 15.1. The molecule has 0 amide bonds. The van der Waals surface area contributed by atoms with Gasteiger partial charge >= 0.3 is 95.8 Å². The molecule has 2 rings (SSSR count). The summed E-state index contributed by atoms with van der Waals surface area (Å²) in [5.41, 5.74) is 4.17. The summed E-state index contributed by atoms with van der Waals surface area (Å²) >= 11 is 2.22. The van der Waals surface area contributed by atoms with E-state index in [1.165, 1.54) is 16.7 Å². The van der Waals surface area contributed by atoms with Crippen LogP contribution >= 0.6 is 0 Å². The van der Waals surface area contributed by atoms with Crippen LogP contribution in [0.5, 0.6) is 0 Å². The van der Waals surface area contributed by atoms with Gasteiger partial charge in [-0.2, -0.15) is 0 Å². The molecule has 0 N–H and O–H groups in total. The minimum absolute atomic E-state index is 0.956. The average molecular weight is 362 g/mol. The van der Waals surface area contributed by atoms with Crippen molar-refractivity contribution < 1.29 is 19.4 Å². The van der Waals surface area contributed by atoms with E-state index in [-0.39, 0.29) is 0 Å². The molecule has 0 aliphatic heterocycles. The Bertz CT molecular complexity index is 399. The van der Waals surface area contributed by atoms with Crippen LogP contribution in [-0.4, -0.2) is 4.40 Å². The molecule has 0 bridgehead atoms.